The molecule has 1 unspecified atom stereocenters. The second kappa shape index (κ2) is 8.00. The van der Waals surface area contributed by atoms with Crippen LogP contribution in [0.15, 0.2) is 47.4 Å². The van der Waals surface area contributed by atoms with Crippen LogP contribution < -0.4 is 14.2 Å². The smallest absolute Gasteiger partial charge is 0.350 e. The Bertz CT molecular complexity index is 1140. The molecule has 31 heavy (non-hydrogen) atoms. The molecule has 0 aliphatic carbocycles. The van der Waals surface area contributed by atoms with E-state index in [4.69, 9.17) is 14.3 Å². The van der Waals surface area contributed by atoms with Crippen LogP contribution >= 0.6 is 0 Å². The highest BCUT2D eigenvalue weighted by Gasteiger charge is 2.39. The zero-order valence-corrected chi connectivity index (χ0v) is 17.2. The third-order valence-electron chi connectivity index (χ3n) is 4.65. The van der Waals surface area contributed by atoms with Crippen molar-refractivity contribution < 1.29 is 37.1 Å². The van der Waals surface area contributed by atoms with Crippen LogP contribution in [0.2, 0.25) is 0 Å². The third-order valence-corrected chi connectivity index (χ3v) is 6.19. The Balaban J connectivity index is 1.46. The number of carbonyl (C=O) groups excluding carboxylic acids is 3. The van der Waals surface area contributed by atoms with Gasteiger partial charge in [-0.25, -0.2) is 13.2 Å². The van der Waals surface area contributed by atoms with Gasteiger partial charge in [-0.05, 0) is 31.2 Å². The zero-order chi connectivity index (χ0) is 22.2. The molecule has 2 aliphatic heterocycles. The molecule has 4 rings (SSSR count). The maximum absolute atomic E-state index is 12.7. The Kier molecular flexibility index (Phi) is 5.38. The molecular weight excluding hydrogens is 428 g/mol. The number of fused-ring (bicyclic) bond motifs is 2. The number of amides is 2. The molecule has 1 atom stereocenters. The molecule has 2 aliphatic rings. The van der Waals surface area contributed by atoms with Crippen molar-refractivity contribution in [3.05, 3.63) is 53.6 Å². The van der Waals surface area contributed by atoms with E-state index in [9.17, 15) is 22.8 Å². The first-order valence-corrected chi connectivity index (χ1v) is 10.9. The van der Waals surface area contributed by atoms with Crippen LogP contribution in [0.3, 0.4) is 0 Å². The number of hydrogen-bond donors (Lipinski definition) is 1. The molecule has 0 bridgehead atoms. The first-order valence-electron chi connectivity index (χ1n) is 9.39. The quantitative estimate of drug-likeness (QED) is 0.680. The van der Waals surface area contributed by atoms with Crippen LogP contribution in [0, 0.1) is 0 Å². The summed E-state index contributed by atoms with van der Waals surface area (Å²) in [6.07, 6.45) is 0.662. The van der Waals surface area contributed by atoms with E-state index in [1.807, 2.05) is 0 Å². The lowest BCUT2D eigenvalue weighted by molar-refractivity contribution is -0.170. The summed E-state index contributed by atoms with van der Waals surface area (Å²) >= 11 is 0. The topological polar surface area (TPSA) is 128 Å². The minimum absolute atomic E-state index is 0.0979. The summed E-state index contributed by atoms with van der Waals surface area (Å²) in [6.45, 7) is 2.08. The molecule has 11 heteroatoms. The Morgan fingerprint density at radius 1 is 1.03 bits per heavy atom. The number of ether oxygens (including phenoxy) is 2. The van der Waals surface area contributed by atoms with Gasteiger partial charge < -0.3 is 14.3 Å². The first-order chi connectivity index (χ1) is 14.8. The molecule has 2 heterocycles. The van der Waals surface area contributed by atoms with Gasteiger partial charge in [-0.15, -0.1) is 0 Å². The number of hydroxylamine groups is 2. The van der Waals surface area contributed by atoms with E-state index >= 15 is 0 Å². The summed E-state index contributed by atoms with van der Waals surface area (Å²) in [5.41, 5.74) is 0.196. The minimum atomic E-state index is -4.14. The second-order valence-electron chi connectivity index (χ2n) is 6.86. The van der Waals surface area contributed by atoms with Gasteiger partial charge >= 0.3 is 5.97 Å². The number of sulfonamides is 1. The van der Waals surface area contributed by atoms with Crippen molar-refractivity contribution in [1.82, 2.24) is 9.79 Å². The predicted molar refractivity (Wildman–Crippen MR) is 105 cm³/mol. The van der Waals surface area contributed by atoms with Crippen molar-refractivity contribution in [2.24, 2.45) is 0 Å². The molecule has 0 fully saturated rings. The van der Waals surface area contributed by atoms with E-state index in [0.29, 0.717) is 30.4 Å². The van der Waals surface area contributed by atoms with Crippen molar-refractivity contribution >= 4 is 27.8 Å². The third kappa shape index (κ3) is 3.97. The molecule has 0 radical (unpaired) electrons. The summed E-state index contributed by atoms with van der Waals surface area (Å²) in [4.78, 5) is 41.7. The maximum atomic E-state index is 12.7. The van der Waals surface area contributed by atoms with E-state index in [0.717, 1.165) is 0 Å². The van der Waals surface area contributed by atoms with Gasteiger partial charge in [0.2, 0.25) is 10.0 Å². The summed E-state index contributed by atoms with van der Waals surface area (Å²) in [6, 6.07) is 8.70. The van der Waals surface area contributed by atoms with Crippen LogP contribution in [-0.4, -0.2) is 50.5 Å². The number of hydrogen-bond acceptors (Lipinski definition) is 8. The fraction of sp³-hybridized carbons (Fsp3) is 0.250. The molecule has 0 saturated carbocycles. The SMILES string of the molecule is CC(NS(=O)(=O)c1ccc2c(c1)OCCCO2)C(=O)ON1C(=O)c2ccccc2C1=O. The predicted octanol–water partition coefficient (Wildman–Crippen LogP) is 1.27. The standard InChI is InChI=1S/C20H18N2O8S/c1-12(20(25)30-22-18(23)14-5-2-3-6-15(14)19(22)24)21-31(26,27)13-7-8-16-17(11-13)29-10-4-9-28-16/h2-3,5-8,11-12,21H,4,9-10H2,1H3. The highest BCUT2D eigenvalue weighted by molar-refractivity contribution is 7.89. The fourth-order valence-corrected chi connectivity index (χ4v) is 4.29. The number of benzene rings is 2. The average molecular weight is 446 g/mol. The lowest BCUT2D eigenvalue weighted by Gasteiger charge is -2.17. The van der Waals surface area contributed by atoms with Crippen molar-refractivity contribution in [1.29, 1.82) is 0 Å². The highest BCUT2D eigenvalue weighted by Crippen LogP contribution is 2.32. The first kappa shape index (κ1) is 20.8. The van der Waals surface area contributed by atoms with Crippen LogP contribution in [0.1, 0.15) is 34.1 Å². The number of nitrogens with zero attached hydrogens (tertiary/aromatic N) is 1. The van der Waals surface area contributed by atoms with Crippen LogP contribution in [0.4, 0.5) is 0 Å². The molecular formula is C20H18N2O8S. The van der Waals surface area contributed by atoms with E-state index in [2.05, 4.69) is 4.72 Å². The fourth-order valence-electron chi connectivity index (χ4n) is 3.08. The molecule has 2 aromatic rings. The van der Waals surface area contributed by atoms with Gasteiger partial charge in [0.1, 0.15) is 6.04 Å². The Hall–Kier alpha value is -3.44. The normalized spacial score (nSPS) is 16.5. The summed E-state index contributed by atoms with van der Waals surface area (Å²) in [5, 5.41) is 0.325. The van der Waals surface area contributed by atoms with Gasteiger partial charge in [-0.2, -0.15) is 4.72 Å². The Morgan fingerprint density at radius 2 is 1.65 bits per heavy atom. The number of nitrogens with one attached hydrogen (secondary N) is 1. The molecule has 1 N–H and O–H groups in total. The van der Waals surface area contributed by atoms with Gasteiger partial charge in [0.15, 0.2) is 11.5 Å². The monoisotopic (exact) mass is 446 g/mol. The van der Waals surface area contributed by atoms with E-state index in [1.54, 1.807) is 12.1 Å². The number of rotatable bonds is 5. The van der Waals surface area contributed by atoms with Crippen molar-refractivity contribution in [3.8, 4) is 11.5 Å². The summed E-state index contributed by atoms with van der Waals surface area (Å²) < 4.78 is 38.5. The maximum Gasteiger partial charge on any atom is 0.350 e. The molecule has 162 valence electrons. The Labute approximate surface area is 177 Å². The van der Waals surface area contributed by atoms with Crippen molar-refractivity contribution in [3.63, 3.8) is 0 Å². The van der Waals surface area contributed by atoms with E-state index in [-0.39, 0.29) is 21.8 Å². The molecule has 2 aromatic carbocycles. The largest absolute Gasteiger partial charge is 0.490 e. The lowest BCUT2D eigenvalue weighted by atomic mass is 10.1. The summed E-state index contributed by atoms with van der Waals surface area (Å²) in [7, 11) is -4.14. The van der Waals surface area contributed by atoms with Gasteiger partial charge in [-0.3, -0.25) is 9.59 Å². The summed E-state index contributed by atoms with van der Waals surface area (Å²) in [5.74, 6) is -2.01. The van der Waals surface area contributed by atoms with Gasteiger partial charge in [0.05, 0.1) is 29.2 Å². The molecule has 0 aromatic heterocycles. The molecule has 10 nitrogen and oxygen atoms in total. The van der Waals surface area contributed by atoms with Crippen molar-refractivity contribution in [2.45, 2.75) is 24.3 Å². The van der Waals surface area contributed by atoms with Crippen LogP contribution in [0.25, 0.3) is 0 Å². The van der Waals surface area contributed by atoms with E-state index < -0.39 is 33.8 Å². The average Bonchev–Trinajstić information content (AvgIpc) is 2.91. The zero-order valence-electron chi connectivity index (χ0n) is 16.4. The van der Waals surface area contributed by atoms with Gasteiger partial charge in [0, 0.05) is 12.5 Å². The minimum Gasteiger partial charge on any atom is -0.490 e. The van der Waals surface area contributed by atoms with Gasteiger partial charge in [-0.1, -0.05) is 17.2 Å². The highest BCUT2D eigenvalue weighted by atomic mass is 32.2. The van der Waals surface area contributed by atoms with Crippen molar-refractivity contribution in [2.75, 3.05) is 13.2 Å². The van der Waals surface area contributed by atoms with Crippen LogP contribution in [0.5, 0.6) is 11.5 Å². The molecule has 0 saturated heterocycles. The lowest BCUT2D eigenvalue weighted by Crippen LogP contribution is -2.43. The van der Waals surface area contributed by atoms with Gasteiger partial charge in [0.25, 0.3) is 11.8 Å². The molecule has 0 spiro atoms. The second-order valence-corrected chi connectivity index (χ2v) is 8.58. The molecule has 2 amide bonds. The van der Waals surface area contributed by atoms with E-state index in [1.165, 1.54) is 37.3 Å². The Morgan fingerprint density at radius 3 is 2.29 bits per heavy atom. The number of carbonyl (C=O) groups is 3. The van der Waals surface area contributed by atoms with Crippen LogP contribution in [-0.2, 0) is 19.7 Å². The number of imide groups is 1.